The first-order valence-corrected chi connectivity index (χ1v) is 5.77. The molecule has 16 heavy (non-hydrogen) atoms. The molecule has 0 aliphatic carbocycles. The van der Waals surface area contributed by atoms with Gasteiger partial charge in [0.2, 0.25) is 5.91 Å². The van der Waals surface area contributed by atoms with Gasteiger partial charge in [-0.15, -0.1) is 5.10 Å². The fraction of sp³-hybridized carbons (Fsp3) is 0.625. The Morgan fingerprint density at radius 1 is 1.69 bits per heavy atom. The van der Waals surface area contributed by atoms with Gasteiger partial charge in [0.05, 0.1) is 5.92 Å². The van der Waals surface area contributed by atoms with Crippen molar-refractivity contribution in [1.82, 2.24) is 14.5 Å². The fourth-order valence-electron chi connectivity index (χ4n) is 1.84. The van der Waals surface area contributed by atoms with Crippen molar-refractivity contribution in [2.24, 2.45) is 17.5 Å². The molecule has 5 N–H and O–H groups in total. The molecule has 0 saturated carbocycles. The smallest absolute Gasteiger partial charge is 0.221 e. The third-order valence-electron chi connectivity index (χ3n) is 2.73. The summed E-state index contributed by atoms with van der Waals surface area (Å²) in [6.45, 7) is 2.20. The van der Waals surface area contributed by atoms with Crippen LogP contribution in [0.25, 0.3) is 0 Å². The van der Waals surface area contributed by atoms with E-state index >= 15 is 0 Å². The van der Waals surface area contributed by atoms with E-state index in [-0.39, 0.29) is 11.8 Å². The van der Waals surface area contributed by atoms with Gasteiger partial charge in [-0.2, -0.15) is 0 Å². The van der Waals surface area contributed by atoms with Crippen molar-refractivity contribution in [3.8, 4) is 0 Å². The Kier molecular flexibility index (Phi) is 3.32. The largest absolute Gasteiger partial charge is 0.369 e. The Morgan fingerprint density at radius 3 is 3.12 bits per heavy atom. The summed E-state index contributed by atoms with van der Waals surface area (Å²) in [4.78, 5) is 13.1. The van der Waals surface area contributed by atoms with E-state index < -0.39 is 0 Å². The number of anilines is 1. The Morgan fingerprint density at radius 2 is 2.50 bits per heavy atom. The van der Waals surface area contributed by atoms with Crippen molar-refractivity contribution >= 4 is 22.4 Å². The van der Waals surface area contributed by atoms with Crippen molar-refractivity contribution in [2.45, 2.75) is 13.0 Å². The fourth-order valence-corrected chi connectivity index (χ4v) is 2.33. The van der Waals surface area contributed by atoms with E-state index in [2.05, 4.69) is 19.9 Å². The van der Waals surface area contributed by atoms with Gasteiger partial charge < -0.3 is 11.2 Å². The van der Waals surface area contributed by atoms with Crippen LogP contribution in [0.5, 0.6) is 0 Å². The standard InChI is InChI=1S/C8H14N6OS/c9-7(15)5-1-2-14(3-5)4-6-8(11-10)16-13-12-6/h5,11H,1-4,10H2,(H2,9,15). The van der Waals surface area contributed by atoms with E-state index in [0.29, 0.717) is 13.1 Å². The molecule has 7 nitrogen and oxygen atoms in total. The summed E-state index contributed by atoms with van der Waals surface area (Å²) < 4.78 is 3.82. The van der Waals surface area contributed by atoms with Crippen LogP contribution in [0.3, 0.4) is 0 Å². The lowest BCUT2D eigenvalue weighted by Gasteiger charge is -2.13. The number of hydrogen-bond donors (Lipinski definition) is 3. The number of hydrazine groups is 1. The SMILES string of the molecule is NNc1snnc1CN1CCC(C(N)=O)C1. The van der Waals surface area contributed by atoms with Gasteiger partial charge in [0, 0.05) is 24.6 Å². The highest BCUT2D eigenvalue weighted by Crippen LogP contribution is 2.22. The van der Waals surface area contributed by atoms with Crippen molar-refractivity contribution in [3.05, 3.63) is 5.69 Å². The molecule has 1 unspecified atom stereocenters. The van der Waals surface area contributed by atoms with Crippen LogP contribution in [0.4, 0.5) is 5.00 Å². The molecule has 1 aromatic heterocycles. The quantitative estimate of drug-likeness (QED) is 0.467. The molecule has 2 heterocycles. The lowest BCUT2D eigenvalue weighted by Crippen LogP contribution is -2.27. The molecule has 0 spiro atoms. The van der Waals surface area contributed by atoms with Crippen LogP contribution in [0.15, 0.2) is 0 Å². The highest BCUT2D eigenvalue weighted by Gasteiger charge is 2.27. The maximum Gasteiger partial charge on any atom is 0.221 e. The van der Waals surface area contributed by atoms with Crippen molar-refractivity contribution in [3.63, 3.8) is 0 Å². The maximum absolute atomic E-state index is 11.0. The summed E-state index contributed by atoms with van der Waals surface area (Å²) in [6.07, 6.45) is 0.818. The number of hydrogen-bond acceptors (Lipinski definition) is 7. The first kappa shape index (κ1) is 11.2. The predicted molar refractivity (Wildman–Crippen MR) is 60.3 cm³/mol. The molecular weight excluding hydrogens is 228 g/mol. The number of aromatic nitrogens is 2. The Hall–Kier alpha value is -1.25. The van der Waals surface area contributed by atoms with Crippen LogP contribution in [-0.2, 0) is 11.3 Å². The van der Waals surface area contributed by atoms with Crippen molar-refractivity contribution < 1.29 is 4.79 Å². The molecule has 1 fully saturated rings. The highest BCUT2D eigenvalue weighted by molar-refractivity contribution is 7.10. The van der Waals surface area contributed by atoms with Crippen LogP contribution in [-0.4, -0.2) is 33.5 Å². The zero-order chi connectivity index (χ0) is 11.5. The number of rotatable bonds is 4. The Labute approximate surface area is 96.9 Å². The number of nitrogens with zero attached hydrogens (tertiary/aromatic N) is 3. The molecule has 8 heteroatoms. The molecule has 0 bridgehead atoms. The maximum atomic E-state index is 11.0. The van der Waals surface area contributed by atoms with Crippen LogP contribution in [0.1, 0.15) is 12.1 Å². The predicted octanol–water partition coefficient (Wildman–Crippen LogP) is -0.869. The van der Waals surface area contributed by atoms with Crippen LogP contribution < -0.4 is 17.0 Å². The minimum atomic E-state index is -0.226. The summed E-state index contributed by atoms with van der Waals surface area (Å²) in [5, 5.41) is 4.75. The number of nitrogens with one attached hydrogen (secondary N) is 1. The lowest BCUT2D eigenvalue weighted by atomic mass is 10.1. The van der Waals surface area contributed by atoms with Gasteiger partial charge in [0.15, 0.2) is 0 Å². The summed E-state index contributed by atoms with van der Waals surface area (Å²) >= 11 is 1.22. The van der Waals surface area contributed by atoms with E-state index in [0.717, 1.165) is 23.7 Å². The first-order valence-electron chi connectivity index (χ1n) is 5.00. The minimum absolute atomic E-state index is 0.0409. The molecule has 88 valence electrons. The van der Waals surface area contributed by atoms with Crippen LogP contribution in [0, 0.1) is 5.92 Å². The van der Waals surface area contributed by atoms with Gasteiger partial charge in [-0.1, -0.05) is 4.49 Å². The minimum Gasteiger partial charge on any atom is -0.369 e. The highest BCUT2D eigenvalue weighted by atomic mass is 32.1. The monoisotopic (exact) mass is 242 g/mol. The molecule has 1 aromatic rings. The summed E-state index contributed by atoms with van der Waals surface area (Å²) in [5.41, 5.74) is 8.64. The second kappa shape index (κ2) is 4.73. The second-order valence-corrected chi connectivity index (χ2v) is 4.57. The molecule has 1 aliphatic heterocycles. The number of nitrogen functional groups attached to an aromatic ring is 1. The molecule has 0 aromatic carbocycles. The summed E-state index contributed by atoms with van der Waals surface area (Å²) in [5.74, 6) is 5.07. The second-order valence-electron chi connectivity index (χ2n) is 3.82. The Bertz CT molecular complexity index is 380. The van der Waals surface area contributed by atoms with Gasteiger partial charge in [-0.05, 0) is 13.0 Å². The molecule has 2 rings (SSSR count). The van der Waals surface area contributed by atoms with E-state index in [1.54, 1.807) is 0 Å². The number of amides is 1. The molecule has 1 aliphatic rings. The average molecular weight is 242 g/mol. The number of primary amides is 1. The number of carbonyl (C=O) groups is 1. The number of likely N-dealkylation sites (tertiary alicyclic amines) is 1. The van der Waals surface area contributed by atoms with E-state index in [1.165, 1.54) is 11.5 Å². The van der Waals surface area contributed by atoms with Crippen LogP contribution in [0.2, 0.25) is 0 Å². The summed E-state index contributed by atoms with van der Waals surface area (Å²) in [7, 11) is 0. The van der Waals surface area contributed by atoms with Crippen molar-refractivity contribution in [1.29, 1.82) is 0 Å². The van der Waals surface area contributed by atoms with Gasteiger partial charge in [-0.3, -0.25) is 9.69 Å². The normalized spacial score (nSPS) is 21.2. The third kappa shape index (κ3) is 2.29. The van der Waals surface area contributed by atoms with Gasteiger partial charge >= 0.3 is 0 Å². The Balaban J connectivity index is 1.94. The average Bonchev–Trinajstić information content (AvgIpc) is 2.87. The lowest BCUT2D eigenvalue weighted by molar-refractivity contribution is -0.121. The first-order chi connectivity index (χ1) is 7.70. The van der Waals surface area contributed by atoms with E-state index in [1.807, 2.05) is 0 Å². The molecule has 1 saturated heterocycles. The van der Waals surface area contributed by atoms with Gasteiger partial charge in [0.25, 0.3) is 0 Å². The number of nitrogens with two attached hydrogens (primary N) is 2. The summed E-state index contributed by atoms with van der Waals surface area (Å²) in [6, 6.07) is 0. The van der Waals surface area contributed by atoms with Gasteiger partial charge in [-0.25, -0.2) is 5.84 Å². The zero-order valence-corrected chi connectivity index (χ0v) is 9.54. The van der Waals surface area contributed by atoms with Crippen LogP contribution >= 0.6 is 11.5 Å². The topological polar surface area (TPSA) is 110 Å². The van der Waals surface area contributed by atoms with Crippen molar-refractivity contribution in [2.75, 3.05) is 18.5 Å². The molecule has 0 radical (unpaired) electrons. The third-order valence-corrected chi connectivity index (χ3v) is 3.43. The number of carbonyl (C=O) groups excluding carboxylic acids is 1. The molecule has 1 amide bonds. The van der Waals surface area contributed by atoms with E-state index in [4.69, 9.17) is 11.6 Å². The zero-order valence-electron chi connectivity index (χ0n) is 8.72. The van der Waals surface area contributed by atoms with Gasteiger partial charge in [0.1, 0.15) is 10.7 Å². The van der Waals surface area contributed by atoms with E-state index in [9.17, 15) is 4.79 Å². The molecular formula is C8H14N6OS. The molecule has 1 atom stereocenters.